The van der Waals surface area contributed by atoms with Crippen LogP contribution in [0.25, 0.3) is 0 Å². The standard InChI is InChI=1S/C4H4N.CN.Zn/c1-2-4-5-3-1;1-2;/h1,3-5H;;/q2*-1;+2. The summed E-state index contributed by atoms with van der Waals surface area (Å²) in [7, 11) is 0. The van der Waals surface area contributed by atoms with E-state index in [-0.39, 0.29) is 19.5 Å². The first-order chi connectivity index (χ1) is 3.50. The van der Waals surface area contributed by atoms with E-state index in [2.05, 4.69) is 11.1 Å². The van der Waals surface area contributed by atoms with Crippen LogP contribution in [-0.4, -0.2) is 4.98 Å². The summed E-state index contributed by atoms with van der Waals surface area (Å²) in [4.78, 5) is 2.81. The van der Waals surface area contributed by atoms with Crippen molar-refractivity contribution in [3.8, 4) is 0 Å². The number of nitrogens with one attached hydrogen (secondary N) is 1. The molecule has 0 fully saturated rings. The van der Waals surface area contributed by atoms with Crippen LogP contribution in [0.4, 0.5) is 0 Å². The zero-order valence-electron chi connectivity index (χ0n) is 4.39. The van der Waals surface area contributed by atoms with Crippen molar-refractivity contribution in [2.75, 3.05) is 0 Å². The van der Waals surface area contributed by atoms with Gasteiger partial charge in [0.15, 0.2) is 0 Å². The van der Waals surface area contributed by atoms with Crippen LogP contribution in [0.1, 0.15) is 0 Å². The Labute approximate surface area is 61.3 Å². The zero-order valence-corrected chi connectivity index (χ0v) is 7.35. The number of aromatic amines is 1. The van der Waals surface area contributed by atoms with Crippen molar-refractivity contribution in [1.82, 2.24) is 4.98 Å². The van der Waals surface area contributed by atoms with Crippen molar-refractivity contribution in [3.05, 3.63) is 31.1 Å². The predicted molar refractivity (Wildman–Crippen MR) is 24.6 cm³/mol. The van der Waals surface area contributed by atoms with E-state index >= 15 is 0 Å². The summed E-state index contributed by atoms with van der Waals surface area (Å²) < 4.78 is 0. The monoisotopic (exact) mass is 156 g/mol. The van der Waals surface area contributed by atoms with Gasteiger partial charge in [0.25, 0.3) is 0 Å². The zero-order chi connectivity index (χ0) is 5.54. The van der Waals surface area contributed by atoms with Gasteiger partial charge in [-0.05, 0) is 0 Å². The third-order valence-corrected chi connectivity index (χ3v) is 0.442. The molecule has 0 unspecified atom stereocenters. The van der Waals surface area contributed by atoms with Gasteiger partial charge in [0, 0.05) is 0 Å². The van der Waals surface area contributed by atoms with Crippen LogP contribution < -0.4 is 0 Å². The Balaban J connectivity index is 0. The summed E-state index contributed by atoms with van der Waals surface area (Å²) in [5.41, 5.74) is 0. The van der Waals surface area contributed by atoms with Crippen LogP contribution in [0.2, 0.25) is 0 Å². The first-order valence-electron chi connectivity index (χ1n) is 1.71. The molecule has 8 heavy (non-hydrogen) atoms. The quantitative estimate of drug-likeness (QED) is 0.441. The van der Waals surface area contributed by atoms with Crippen molar-refractivity contribution in [2.24, 2.45) is 0 Å². The largest absolute Gasteiger partial charge is 2.00 e. The Kier molecular flexibility index (Phi) is 12.5. The fraction of sp³-hybridized carbons (Fsp3) is 0. The summed E-state index contributed by atoms with van der Waals surface area (Å²) in [5, 5.41) is 6.25. The molecule has 2 nitrogen and oxygen atoms in total. The summed E-state index contributed by atoms with van der Waals surface area (Å²) >= 11 is 0. The third-order valence-electron chi connectivity index (χ3n) is 0.442. The summed E-state index contributed by atoms with van der Waals surface area (Å²) in [6, 6.07) is 4.62. The van der Waals surface area contributed by atoms with Crippen molar-refractivity contribution in [1.29, 1.82) is 5.26 Å². The van der Waals surface area contributed by atoms with Crippen LogP contribution in [-0.2, 0) is 19.5 Å². The number of rotatable bonds is 0. The Morgan fingerprint density at radius 3 is 2.25 bits per heavy atom. The Morgan fingerprint density at radius 1 is 1.50 bits per heavy atom. The van der Waals surface area contributed by atoms with Gasteiger partial charge >= 0.3 is 19.5 Å². The molecule has 0 spiro atoms. The molecule has 1 aromatic rings. The van der Waals surface area contributed by atoms with Gasteiger partial charge in [-0.25, -0.2) is 12.1 Å². The molecule has 0 saturated carbocycles. The van der Waals surface area contributed by atoms with Gasteiger partial charge in [-0.1, -0.05) is 0 Å². The first-order valence-corrected chi connectivity index (χ1v) is 1.71. The molecule has 0 atom stereocenters. The Morgan fingerprint density at radius 2 is 2.12 bits per heavy atom. The number of hydrogen-bond donors (Lipinski definition) is 1. The van der Waals surface area contributed by atoms with E-state index in [1.54, 1.807) is 6.20 Å². The minimum atomic E-state index is 0. The maximum Gasteiger partial charge on any atom is 2.00 e. The Hall–Kier alpha value is -0.607. The number of nitrogens with zero attached hydrogens (tertiary/aromatic N) is 1. The third kappa shape index (κ3) is 5.39. The molecular weight excluding hydrogens is 153 g/mol. The molecule has 0 aliphatic rings. The van der Waals surface area contributed by atoms with Crippen LogP contribution >= 0.6 is 0 Å². The van der Waals surface area contributed by atoms with Crippen LogP contribution in [0.5, 0.6) is 0 Å². The fourth-order valence-electron chi connectivity index (χ4n) is 0.241. The maximum atomic E-state index is 6.25. The molecular formula is C5H4N2Zn. The van der Waals surface area contributed by atoms with Gasteiger partial charge in [0.1, 0.15) is 0 Å². The SMILES string of the molecule is [C-]#N.[Zn+2].[c-]1cc[nH]c1. The van der Waals surface area contributed by atoms with E-state index < -0.39 is 0 Å². The van der Waals surface area contributed by atoms with E-state index in [1.807, 2.05) is 12.3 Å². The van der Waals surface area contributed by atoms with E-state index in [4.69, 9.17) is 11.8 Å². The normalized spacial score (nSPS) is 5.25. The molecule has 1 N–H and O–H groups in total. The number of H-pyrrole nitrogens is 1. The Bertz CT molecular complexity index is 94.0. The predicted octanol–water partition coefficient (Wildman–Crippen LogP) is 0.909. The molecule has 3 heteroatoms. The average molecular weight is 157 g/mol. The van der Waals surface area contributed by atoms with Crippen molar-refractivity contribution in [3.63, 3.8) is 0 Å². The molecule has 1 heterocycles. The van der Waals surface area contributed by atoms with Crippen molar-refractivity contribution >= 4 is 0 Å². The molecule has 0 aromatic carbocycles. The summed E-state index contributed by atoms with van der Waals surface area (Å²) in [5.74, 6) is 0. The van der Waals surface area contributed by atoms with Crippen LogP contribution in [0.3, 0.4) is 0 Å². The molecule has 1 aromatic heterocycles. The van der Waals surface area contributed by atoms with E-state index in [0.717, 1.165) is 0 Å². The molecule has 0 aliphatic heterocycles. The maximum absolute atomic E-state index is 6.25. The molecule has 0 saturated heterocycles. The molecule has 1 rings (SSSR count). The topological polar surface area (TPSA) is 39.6 Å². The fourth-order valence-corrected chi connectivity index (χ4v) is 0.241. The van der Waals surface area contributed by atoms with Crippen LogP contribution in [0.15, 0.2) is 18.5 Å². The molecule has 0 aliphatic carbocycles. The molecule has 0 radical (unpaired) electrons. The van der Waals surface area contributed by atoms with E-state index in [1.165, 1.54) is 0 Å². The summed E-state index contributed by atoms with van der Waals surface area (Å²) in [6.45, 7) is 4.75. The van der Waals surface area contributed by atoms with Gasteiger partial charge in [-0.2, -0.15) is 0 Å². The van der Waals surface area contributed by atoms with Crippen molar-refractivity contribution in [2.45, 2.75) is 0 Å². The van der Waals surface area contributed by atoms with E-state index in [9.17, 15) is 0 Å². The van der Waals surface area contributed by atoms with E-state index in [0.29, 0.717) is 0 Å². The van der Waals surface area contributed by atoms with Gasteiger partial charge in [-0.3, -0.25) is 0 Å². The smallest absolute Gasteiger partial charge is 0.512 e. The minimum Gasteiger partial charge on any atom is -0.512 e. The van der Waals surface area contributed by atoms with Gasteiger partial charge in [-0.15, -0.1) is 12.4 Å². The molecule has 36 valence electrons. The second-order valence-electron chi connectivity index (χ2n) is 0.811. The second kappa shape index (κ2) is 9.64. The average Bonchev–Trinajstić information content (AvgIpc) is 2.23. The first kappa shape index (κ1) is 10.4. The van der Waals surface area contributed by atoms with Gasteiger partial charge < -0.3 is 16.8 Å². The number of hydrogen-bond acceptors (Lipinski definition) is 1. The second-order valence-corrected chi connectivity index (χ2v) is 0.811. The summed E-state index contributed by atoms with van der Waals surface area (Å²) in [6.07, 6.45) is 3.57. The minimum absolute atomic E-state index is 0. The number of aromatic nitrogens is 1. The van der Waals surface area contributed by atoms with Crippen LogP contribution in [0, 0.1) is 17.9 Å². The molecule has 0 amide bonds. The van der Waals surface area contributed by atoms with Gasteiger partial charge in [0.05, 0.1) is 0 Å². The molecule has 0 bridgehead atoms. The van der Waals surface area contributed by atoms with Gasteiger partial charge in [0.2, 0.25) is 0 Å². The van der Waals surface area contributed by atoms with Crippen molar-refractivity contribution < 1.29 is 19.5 Å².